The lowest BCUT2D eigenvalue weighted by Gasteiger charge is -2.36. The third-order valence-corrected chi connectivity index (χ3v) is 5.96. The second-order valence-electron chi connectivity index (χ2n) is 8.01. The first-order chi connectivity index (χ1) is 14.2. The maximum absolute atomic E-state index is 12.0. The summed E-state index contributed by atoms with van der Waals surface area (Å²) in [5.41, 5.74) is 0. The van der Waals surface area contributed by atoms with Crippen LogP contribution in [0.25, 0.3) is 0 Å². The van der Waals surface area contributed by atoms with Gasteiger partial charge in [-0.3, -0.25) is 14.7 Å². The van der Waals surface area contributed by atoms with Crippen LogP contribution in [0, 0.1) is 5.92 Å². The molecule has 0 aromatic rings. The van der Waals surface area contributed by atoms with Crippen molar-refractivity contribution in [1.29, 1.82) is 0 Å². The van der Waals surface area contributed by atoms with Crippen molar-refractivity contribution < 1.29 is 9.53 Å². The number of rotatable bonds is 10. The quantitative estimate of drug-likeness (QED) is 0.188. The molecule has 0 saturated carbocycles. The number of carbonyl (C=O) groups excluding carboxylic acids is 1. The minimum absolute atomic E-state index is 0. The Bertz CT molecular complexity index is 492. The first kappa shape index (κ1) is 27.4. The van der Waals surface area contributed by atoms with Crippen LogP contribution in [-0.2, 0) is 9.53 Å². The van der Waals surface area contributed by atoms with E-state index in [0.717, 1.165) is 51.1 Å². The third-order valence-electron chi connectivity index (χ3n) is 5.96. The molecule has 1 amide bonds. The van der Waals surface area contributed by atoms with Gasteiger partial charge in [-0.15, -0.1) is 24.0 Å². The lowest BCUT2D eigenvalue weighted by molar-refractivity contribution is -0.122. The minimum Gasteiger partial charge on any atom is -0.383 e. The Labute approximate surface area is 200 Å². The standard InChI is InChI=1S/C21H42N6O2.HI/c1-4-22-21(24-9-6-19-7-11-25(5-2)12-8-19)27-15-13-26(14-16-27)18-20(28)23-10-17-29-3;/h19H,4-18H2,1-3H3,(H,22,24)(H,23,28);1H. The summed E-state index contributed by atoms with van der Waals surface area (Å²) < 4.78 is 4.97. The van der Waals surface area contributed by atoms with Crippen molar-refractivity contribution in [3.8, 4) is 0 Å². The van der Waals surface area contributed by atoms with Gasteiger partial charge in [0.05, 0.1) is 13.2 Å². The molecule has 0 aromatic carbocycles. The number of hydrogen-bond donors (Lipinski definition) is 2. The number of hydrogen-bond acceptors (Lipinski definition) is 5. The van der Waals surface area contributed by atoms with Gasteiger partial charge in [-0.2, -0.15) is 0 Å². The van der Waals surface area contributed by atoms with Crippen LogP contribution in [0.1, 0.15) is 33.1 Å². The Kier molecular flexibility index (Phi) is 14.6. The molecular formula is C21H43IN6O2. The molecule has 0 spiro atoms. The summed E-state index contributed by atoms with van der Waals surface area (Å²) >= 11 is 0. The molecule has 0 aromatic heterocycles. The average Bonchev–Trinajstić information content (AvgIpc) is 2.74. The van der Waals surface area contributed by atoms with E-state index in [9.17, 15) is 4.79 Å². The number of ether oxygens (including phenoxy) is 1. The van der Waals surface area contributed by atoms with E-state index >= 15 is 0 Å². The molecule has 9 heteroatoms. The van der Waals surface area contributed by atoms with Crippen molar-refractivity contribution in [2.24, 2.45) is 10.9 Å². The molecule has 0 atom stereocenters. The van der Waals surface area contributed by atoms with Gasteiger partial charge in [0.15, 0.2) is 5.96 Å². The number of nitrogens with zero attached hydrogens (tertiary/aromatic N) is 4. The first-order valence-electron chi connectivity index (χ1n) is 11.4. The van der Waals surface area contributed by atoms with Crippen molar-refractivity contribution in [3.63, 3.8) is 0 Å². The summed E-state index contributed by atoms with van der Waals surface area (Å²) in [6.45, 7) is 15.0. The highest BCUT2D eigenvalue weighted by molar-refractivity contribution is 14.0. The van der Waals surface area contributed by atoms with Gasteiger partial charge >= 0.3 is 0 Å². The lowest BCUT2D eigenvalue weighted by atomic mass is 9.94. The highest BCUT2D eigenvalue weighted by Crippen LogP contribution is 2.20. The third kappa shape index (κ3) is 10.1. The number of piperidine rings is 1. The molecule has 8 nitrogen and oxygen atoms in total. The highest BCUT2D eigenvalue weighted by Gasteiger charge is 2.22. The van der Waals surface area contributed by atoms with E-state index in [1.54, 1.807) is 7.11 Å². The van der Waals surface area contributed by atoms with E-state index in [2.05, 4.69) is 39.2 Å². The van der Waals surface area contributed by atoms with Crippen LogP contribution in [0.4, 0.5) is 0 Å². The number of likely N-dealkylation sites (tertiary alicyclic amines) is 1. The van der Waals surface area contributed by atoms with Crippen molar-refractivity contribution >= 4 is 35.8 Å². The Morgan fingerprint density at radius 3 is 2.33 bits per heavy atom. The molecule has 2 aliphatic rings. The van der Waals surface area contributed by atoms with E-state index in [0.29, 0.717) is 19.7 Å². The van der Waals surface area contributed by atoms with Crippen molar-refractivity contribution in [3.05, 3.63) is 0 Å². The fourth-order valence-electron chi connectivity index (χ4n) is 4.04. The van der Waals surface area contributed by atoms with Gasteiger partial charge in [-0.25, -0.2) is 0 Å². The largest absolute Gasteiger partial charge is 0.383 e. The van der Waals surface area contributed by atoms with Gasteiger partial charge in [-0.05, 0) is 51.7 Å². The molecule has 0 unspecified atom stereocenters. The van der Waals surface area contributed by atoms with Crippen LogP contribution < -0.4 is 10.6 Å². The number of aliphatic imine (C=N–C) groups is 1. The topological polar surface area (TPSA) is 72.4 Å². The van der Waals surface area contributed by atoms with Gasteiger partial charge < -0.3 is 25.2 Å². The second kappa shape index (κ2) is 16.0. The molecule has 0 bridgehead atoms. The van der Waals surface area contributed by atoms with E-state index in [4.69, 9.17) is 9.73 Å². The van der Waals surface area contributed by atoms with Crippen LogP contribution in [0.15, 0.2) is 4.99 Å². The zero-order chi connectivity index (χ0) is 20.9. The lowest BCUT2D eigenvalue weighted by Crippen LogP contribution is -2.54. The number of halogens is 1. The average molecular weight is 539 g/mol. The van der Waals surface area contributed by atoms with E-state index < -0.39 is 0 Å². The molecule has 2 aliphatic heterocycles. The Hall–Kier alpha value is -0.650. The van der Waals surface area contributed by atoms with E-state index in [1.165, 1.54) is 38.9 Å². The smallest absolute Gasteiger partial charge is 0.234 e. The van der Waals surface area contributed by atoms with Crippen LogP contribution in [0.2, 0.25) is 0 Å². The Balaban J connectivity index is 0.00000450. The minimum atomic E-state index is 0. The fraction of sp³-hybridized carbons (Fsp3) is 0.905. The molecule has 0 aliphatic carbocycles. The van der Waals surface area contributed by atoms with Gasteiger partial charge in [-0.1, -0.05) is 6.92 Å². The Morgan fingerprint density at radius 2 is 1.73 bits per heavy atom. The summed E-state index contributed by atoms with van der Waals surface area (Å²) in [4.78, 5) is 24.0. The summed E-state index contributed by atoms with van der Waals surface area (Å²) in [7, 11) is 1.64. The van der Waals surface area contributed by atoms with Gasteiger partial charge in [0.1, 0.15) is 0 Å². The van der Waals surface area contributed by atoms with Crippen LogP contribution in [0.5, 0.6) is 0 Å². The van der Waals surface area contributed by atoms with Crippen molar-refractivity contribution in [2.75, 3.05) is 85.7 Å². The van der Waals surface area contributed by atoms with Gasteiger partial charge in [0.25, 0.3) is 0 Å². The number of carbonyl (C=O) groups is 1. The van der Waals surface area contributed by atoms with Crippen molar-refractivity contribution in [2.45, 2.75) is 33.1 Å². The fourth-order valence-corrected chi connectivity index (χ4v) is 4.04. The monoisotopic (exact) mass is 538 g/mol. The van der Waals surface area contributed by atoms with Gasteiger partial charge in [0, 0.05) is 52.9 Å². The molecule has 2 rings (SSSR count). The van der Waals surface area contributed by atoms with Gasteiger partial charge in [0.2, 0.25) is 5.91 Å². The number of piperazine rings is 1. The second-order valence-corrected chi connectivity index (χ2v) is 8.01. The molecule has 2 heterocycles. The molecule has 2 saturated heterocycles. The zero-order valence-electron chi connectivity index (χ0n) is 19.2. The molecule has 2 fully saturated rings. The number of methoxy groups -OCH3 is 1. The predicted molar refractivity (Wildman–Crippen MR) is 134 cm³/mol. The normalized spacial score (nSPS) is 19.4. The molecular weight excluding hydrogens is 495 g/mol. The van der Waals surface area contributed by atoms with Crippen molar-refractivity contribution in [1.82, 2.24) is 25.3 Å². The molecule has 2 N–H and O–H groups in total. The molecule has 0 radical (unpaired) electrons. The maximum atomic E-state index is 12.0. The SMILES string of the molecule is CCNC(=NCCC1CCN(CC)CC1)N1CCN(CC(=O)NCCOC)CC1.I. The Morgan fingerprint density at radius 1 is 1.03 bits per heavy atom. The summed E-state index contributed by atoms with van der Waals surface area (Å²) in [5, 5.41) is 6.34. The summed E-state index contributed by atoms with van der Waals surface area (Å²) in [6.07, 6.45) is 3.81. The predicted octanol–water partition coefficient (Wildman–Crippen LogP) is 1.07. The van der Waals surface area contributed by atoms with E-state index in [1.807, 2.05) is 0 Å². The van der Waals surface area contributed by atoms with Crippen LogP contribution in [-0.4, -0.2) is 112 Å². The van der Waals surface area contributed by atoms with Crippen LogP contribution >= 0.6 is 24.0 Å². The first-order valence-corrected chi connectivity index (χ1v) is 11.4. The molecule has 176 valence electrons. The zero-order valence-corrected chi connectivity index (χ0v) is 21.5. The highest BCUT2D eigenvalue weighted by atomic mass is 127. The number of nitrogens with one attached hydrogen (secondary N) is 2. The van der Waals surface area contributed by atoms with Crippen LogP contribution in [0.3, 0.4) is 0 Å². The number of guanidine groups is 1. The number of amides is 1. The maximum Gasteiger partial charge on any atom is 0.234 e. The summed E-state index contributed by atoms with van der Waals surface area (Å²) in [6, 6.07) is 0. The summed E-state index contributed by atoms with van der Waals surface area (Å²) in [5.74, 6) is 1.92. The van der Waals surface area contributed by atoms with E-state index in [-0.39, 0.29) is 29.9 Å². The molecule has 30 heavy (non-hydrogen) atoms.